The van der Waals surface area contributed by atoms with Crippen LogP contribution in [-0.2, 0) is 10.8 Å². The fourth-order valence-electron chi connectivity index (χ4n) is 9.19. The van der Waals surface area contributed by atoms with Crippen molar-refractivity contribution in [3.05, 3.63) is 175 Å². The average Bonchev–Trinajstić information content (AvgIpc) is 3.17. The zero-order valence-electron chi connectivity index (χ0n) is 29.5. The van der Waals surface area contributed by atoms with Crippen LogP contribution >= 0.6 is 0 Å². The van der Waals surface area contributed by atoms with E-state index in [1.807, 2.05) is 0 Å². The van der Waals surface area contributed by atoms with E-state index in [0.717, 1.165) is 11.4 Å². The van der Waals surface area contributed by atoms with Crippen LogP contribution in [0.1, 0.15) is 38.8 Å². The van der Waals surface area contributed by atoms with Gasteiger partial charge in [-0.2, -0.15) is 0 Å². The number of rotatable bonds is 4. The Kier molecular flexibility index (Phi) is 6.34. The van der Waals surface area contributed by atoms with E-state index in [-0.39, 0.29) is 10.8 Å². The molecule has 9 aromatic carbocycles. The Morgan fingerprint density at radius 1 is 0.353 bits per heavy atom. The molecule has 1 heteroatoms. The zero-order valence-corrected chi connectivity index (χ0v) is 29.5. The number of benzene rings is 9. The summed E-state index contributed by atoms with van der Waals surface area (Å²) in [6, 6.07) is 60.9. The van der Waals surface area contributed by atoms with Crippen LogP contribution in [0.15, 0.2) is 164 Å². The number of hydrogen-bond acceptors (Lipinski definition) is 1. The van der Waals surface area contributed by atoms with Gasteiger partial charge in [-0.3, -0.25) is 0 Å². The van der Waals surface area contributed by atoms with E-state index in [1.165, 1.54) is 81.8 Å². The predicted molar refractivity (Wildman–Crippen MR) is 220 cm³/mol. The molecule has 0 aliphatic heterocycles. The third-order valence-corrected chi connectivity index (χ3v) is 12.3. The minimum atomic E-state index is -0.0468. The van der Waals surface area contributed by atoms with E-state index in [4.69, 9.17) is 0 Å². The Morgan fingerprint density at radius 3 is 1.55 bits per heavy atom. The minimum absolute atomic E-state index is 0.0152. The number of fused-ring (bicyclic) bond motifs is 6. The normalized spacial score (nSPS) is 14.6. The average molecular weight is 654 g/mol. The highest BCUT2D eigenvalue weighted by Gasteiger charge is 2.45. The molecular formula is C50H39N. The van der Waals surface area contributed by atoms with Crippen molar-refractivity contribution in [2.45, 2.75) is 38.5 Å². The fourth-order valence-corrected chi connectivity index (χ4v) is 9.19. The Labute approximate surface area is 299 Å². The summed E-state index contributed by atoms with van der Waals surface area (Å²) in [6.07, 6.45) is 0. The molecule has 0 atom stereocenters. The van der Waals surface area contributed by atoms with Gasteiger partial charge in [-0.1, -0.05) is 161 Å². The minimum Gasteiger partial charge on any atom is -0.309 e. The van der Waals surface area contributed by atoms with E-state index in [0.29, 0.717) is 0 Å². The lowest BCUT2D eigenvalue weighted by Gasteiger charge is -2.47. The van der Waals surface area contributed by atoms with Crippen molar-refractivity contribution in [2.24, 2.45) is 0 Å². The molecule has 1 aliphatic carbocycles. The SMILES string of the molecule is CC1(C)c2cccc3cc(-c4ccccc4N(c4ccccc4)c4cccc5c6ccccc6c6ccccc6c45)c4cccc(c4c23)C1(C)C. The van der Waals surface area contributed by atoms with E-state index < -0.39 is 0 Å². The Balaban J connectivity index is 1.33. The number of hydrogen-bond donors (Lipinski definition) is 0. The highest BCUT2D eigenvalue weighted by atomic mass is 15.1. The lowest BCUT2D eigenvalue weighted by atomic mass is 9.56. The highest BCUT2D eigenvalue weighted by Crippen LogP contribution is 2.56. The summed E-state index contributed by atoms with van der Waals surface area (Å²) < 4.78 is 0. The largest absolute Gasteiger partial charge is 0.309 e. The van der Waals surface area contributed by atoms with E-state index in [9.17, 15) is 0 Å². The van der Waals surface area contributed by atoms with Crippen LogP contribution in [0, 0.1) is 0 Å². The summed E-state index contributed by atoms with van der Waals surface area (Å²) in [5, 5.41) is 13.0. The molecule has 1 aliphatic rings. The van der Waals surface area contributed by atoms with Gasteiger partial charge in [-0.05, 0) is 106 Å². The van der Waals surface area contributed by atoms with Gasteiger partial charge in [0.1, 0.15) is 0 Å². The number of anilines is 3. The molecule has 0 amide bonds. The molecule has 0 saturated carbocycles. The standard InChI is InChI=1S/C50H39N/c1-49(2)42-27-14-17-32-31-41(40-25-15-28-43(50(49,3)4)48(40)46(32)42)37-23-12-13-29-44(37)51(33-18-6-5-7-19-33)45-30-16-26-39-36-21-9-8-20-34(36)35-22-10-11-24-38(35)47(39)45/h5-31H,1-4H3. The third kappa shape index (κ3) is 4.09. The number of para-hydroxylation sites is 2. The molecule has 9 aromatic rings. The van der Waals surface area contributed by atoms with Gasteiger partial charge >= 0.3 is 0 Å². The second kappa shape index (κ2) is 10.8. The summed E-state index contributed by atoms with van der Waals surface area (Å²) in [5.41, 5.74) is 8.75. The van der Waals surface area contributed by atoms with Crippen LogP contribution < -0.4 is 4.90 Å². The van der Waals surface area contributed by atoms with Crippen molar-refractivity contribution in [3.63, 3.8) is 0 Å². The highest BCUT2D eigenvalue weighted by molar-refractivity contribution is 6.29. The van der Waals surface area contributed by atoms with Gasteiger partial charge in [-0.15, -0.1) is 0 Å². The van der Waals surface area contributed by atoms with E-state index in [2.05, 4.69) is 196 Å². The molecule has 0 spiro atoms. The van der Waals surface area contributed by atoms with Crippen LogP contribution in [0.3, 0.4) is 0 Å². The van der Waals surface area contributed by atoms with Gasteiger partial charge in [0.05, 0.1) is 11.4 Å². The Bertz CT molecular complexity index is 2810. The summed E-state index contributed by atoms with van der Waals surface area (Å²) in [7, 11) is 0. The van der Waals surface area contributed by atoms with Crippen molar-refractivity contribution in [1.82, 2.24) is 0 Å². The van der Waals surface area contributed by atoms with E-state index >= 15 is 0 Å². The van der Waals surface area contributed by atoms with Crippen LogP contribution in [0.25, 0.3) is 65.0 Å². The molecule has 0 saturated heterocycles. The molecule has 0 aromatic heterocycles. The second-order valence-electron chi connectivity index (χ2n) is 15.3. The van der Waals surface area contributed by atoms with Crippen LogP contribution in [0.5, 0.6) is 0 Å². The lowest BCUT2D eigenvalue weighted by Crippen LogP contribution is -2.42. The monoisotopic (exact) mass is 653 g/mol. The van der Waals surface area contributed by atoms with Gasteiger partial charge < -0.3 is 4.90 Å². The lowest BCUT2D eigenvalue weighted by molar-refractivity contribution is 0.304. The summed E-state index contributed by atoms with van der Waals surface area (Å²) in [5.74, 6) is 0. The van der Waals surface area contributed by atoms with Gasteiger partial charge in [-0.25, -0.2) is 0 Å². The molecule has 0 N–H and O–H groups in total. The third-order valence-electron chi connectivity index (χ3n) is 12.3. The smallest absolute Gasteiger partial charge is 0.0546 e. The first-order chi connectivity index (χ1) is 24.9. The number of nitrogens with zero attached hydrogens (tertiary/aromatic N) is 1. The van der Waals surface area contributed by atoms with Gasteiger partial charge in [0.25, 0.3) is 0 Å². The molecular weight excluding hydrogens is 615 g/mol. The summed E-state index contributed by atoms with van der Waals surface area (Å²) in [4.78, 5) is 2.49. The fraction of sp³-hybridized carbons (Fsp3) is 0.120. The Hall–Kier alpha value is -5.92. The first kappa shape index (κ1) is 29.9. The van der Waals surface area contributed by atoms with Gasteiger partial charge in [0.15, 0.2) is 0 Å². The topological polar surface area (TPSA) is 3.24 Å². The molecule has 0 bridgehead atoms. The first-order valence-corrected chi connectivity index (χ1v) is 18.1. The van der Waals surface area contributed by atoms with Crippen LogP contribution in [0.4, 0.5) is 17.1 Å². The van der Waals surface area contributed by atoms with Crippen molar-refractivity contribution in [1.29, 1.82) is 0 Å². The molecule has 0 heterocycles. The molecule has 51 heavy (non-hydrogen) atoms. The van der Waals surface area contributed by atoms with Crippen LogP contribution in [0.2, 0.25) is 0 Å². The molecule has 0 fully saturated rings. The van der Waals surface area contributed by atoms with Gasteiger partial charge in [0, 0.05) is 16.6 Å². The molecule has 1 nitrogen and oxygen atoms in total. The first-order valence-electron chi connectivity index (χ1n) is 18.1. The molecule has 0 unspecified atom stereocenters. The second-order valence-corrected chi connectivity index (χ2v) is 15.3. The molecule has 0 radical (unpaired) electrons. The van der Waals surface area contributed by atoms with Crippen LogP contribution in [-0.4, -0.2) is 0 Å². The summed E-state index contributed by atoms with van der Waals surface area (Å²) in [6.45, 7) is 9.69. The zero-order chi connectivity index (χ0) is 34.5. The van der Waals surface area contributed by atoms with Crippen molar-refractivity contribution >= 4 is 70.9 Å². The molecule has 10 rings (SSSR count). The summed E-state index contributed by atoms with van der Waals surface area (Å²) >= 11 is 0. The molecule has 244 valence electrons. The van der Waals surface area contributed by atoms with Gasteiger partial charge in [0.2, 0.25) is 0 Å². The Morgan fingerprint density at radius 2 is 0.843 bits per heavy atom. The van der Waals surface area contributed by atoms with Crippen molar-refractivity contribution in [3.8, 4) is 11.1 Å². The van der Waals surface area contributed by atoms with E-state index in [1.54, 1.807) is 0 Å². The van der Waals surface area contributed by atoms with Crippen molar-refractivity contribution < 1.29 is 0 Å². The maximum absolute atomic E-state index is 2.49. The quantitative estimate of drug-likeness (QED) is 0.171. The predicted octanol–water partition coefficient (Wildman–Crippen LogP) is 14.2. The van der Waals surface area contributed by atoms with Crippen molar-refractivity contribution in [2.75, 3.05) is 4.90 Å². The maximum atomic E-state index is 2.49. The maximum Gasteiger partial charge on any atom is 0.0546 e.